The minimum atomic E-state index is -0.926. The van der Waals surface area contributed by atoms with Gasteiger partial charge in [0.2, 0.25) is 5.95 Å². The van der Waals surface area contributed by atoms with Crippen LogP contribution >= 0.6 is 0 Å². The maximum absolute atomic E-state index is 13.4. The summed E-state index contributed by atoms with van der Waals surface area (Å²) in [6, 6.07) is 12.7. The Balaban J connectivity index is 1.85. The minimum absolute atomic E-state index is 0.363. The molecule has 0 amide bonds. The number of aryl methyl sites for hydroxylation is 1. The first-order valence-corrected chi connectivity index (χ1v) is 8.12. The molecule has 0 aliphatic rings. The number of benzene rings is 2. The molecule has 0 saturated heterocycles. The van der Waals surface area contributed by atoms with Gasteiger partial charge >= 0.3 is 0 Å². The van der Waals surface area contributed by atoms with Crippen LogP contribution in [0.4, 0.5) is 31.9 Å². The molecule has 26 heavy (non-hydrogen) atoms. The van der Waals surface area contributed by atoms with Gasteiger partial charge in [-0.2, -0.15) is 4.98 Å². The fraction of sp³-hybridized carbons (Fsp3) is 0.158. The van der Waals surface area contributed by atoms with Crippen LogP contribution in [-0.2, 0) is 0 Å². The highest BCUT2D eigenvalue weighted by Crippen LogP contribution is 2.27. The summed E-state index contributed by atoms with van der Waals surface area (Å²) in [4.78, 5) is 8.72. The molecule has 3 rings (SSSR count). The summed E-state index contributed by atoms with van der Waals surface area (Å²) in [5.41, 5.74) is 1.84. The summed E-state index contributed by atoms with van der Waals surface area (Å²) in [5, 5.41) is 6.07. The molecular weight excluding hydrogens is 338 g/mol. The molecule has 0 bridgehead atoms. The summed E-state index contributed by atoms with van der Waals surface area (Å²) < 4.78 is 32.0. The van der Waals surface area contributed by atoms with E-state index in [-0.39, 0.29) is 0 Å². The molecule has 0 aliphatic carbocycles. The van der Waals surface area contributed by atoms with Gasteiger partial charge in [0, 0.05) is 23.5 Å². The van der Waals surface area contributed by atoms with E-state index in [0.717, 1.165) is 17.8 Å². The van der Waals surface area contributed by atoms with Crippen LogP contribution in [0.2, 0.25) is 0 Å². The van der Waals surface area contributed by atoms with Crippen molar-refractivity contribution >= 4 is 23.1 Å². The predicted molar refractivity (Wildman–Crippen MR) is 97.3 cm³/mol. The van der Waals surface area contributed by atoms with E-state index >= 15 is 0 Å². The van der Waals surface area contributed by atoms with Gasteiger partial charge in [-0.3, -0.25) is 0 Å². The summed E-state index contributed by atoms with van der Waals surface area (Å²) in [5.74, 6) is -0.313. The van der Waals surface area contributed by atoms with Crippen LogP contribution in [0.25, 0.3) is 0 Å². The lowest BCUT2D eigenvalue weighted by molar-refractivity contribution is 0.342. The van der Waals surface area contributed by atoms with E-state index < -0.39 is 11.6 Å². The number of rotatable bonds is 6. The van der Waals surface area contributed by atoms with Crippen LogP contribution in [0.1, 0.15) is 12.6 Å². The third-order valence-electron chi connectivity index (χ3n) is 3.48. The Morgan fingerprint density at radius 1 is 0.962 bits per heavy atom. The Labute approximate surface area is 150 Å². The number of ether oxygens (including phenoxy) is 1. The topological polar surface area (TPSA) is 59.1 Å². The zero-order valence-electron chi connectivity index (χ0n) is 14.4. The number of hydrogen-bond donors (Lipinski definition) is 2. The van der Waals surface area contributed by atoms with Crippen molar-refractivity contribution in [3.05, 3.63) is 65.9 Å². The Bertz CT molecular complexity index is 918. The van der Waals surface area contributed by atoms with E-state index in [9.17, 15) is 8.78 Å². The number of para-hydroxylation sites is 2. The molecule has 134 valence electrons. The molecule has 0 atom stereocenters. The van der Waals surface area contributed by atoms with Gasteiger partial charge in [-0.25, -0.2) is 13.8 Å². The smallest absolute Gasteiger partial charge is 0.229 e. The highest BCUT2D eigenvalue weighted by Gasteiger charge is 2.08. The van der Waals surface area contributed by atoms with Gasteiger partial charge in [-0.1, -0.05) is 12.1 Å². The molecule has 0 fully saturated rings. The number of nitrogens with one attached hydrogen (secondary N) is 2. The standard InChI is InChI=1S/C19H18F2N4O/c1-3-26-17-7-5-4-6-16(17)24-19-22-12(2)10-18(25-19)23-13-8-9-14(20)15(21)11-13/h4-11H,3H2,1-2H3,(H2,22,23,24,25). The highest BCUT2D eigenvalue weighted by atomic mass is 19.2. The van der Waals surface area contributed by atoms with Crippen LogP contribution < -0.4 is 15.4 Å². The number of aromatic nitrogens is 2. The number of hydrogen-bond acceptors (Lipinski definition) is 5. The van der Waals surface area contributed by atoms with Crippen molar-refractivity contribution in [3.63, 3.8) is 0 Å². The van der Waals surface area contributed by atoms with E-state index in [2.05, 4.69) is 20.6 Å². The molecule has 5 nitrogen and oxygen atoms in total. The molecule has 3 aromatic rings. The summed E-state index contributed by atoms with van der Waals surface area (Å²) in [6.45, 7) is 4.26. The van der Waals surface area contributed by atoms with Crippen LogP contribution in [0.15, 0.2) is 48.5 Å². The van der Waals surface area contributed by atoms with Crippen molar-refractivity contribution in [2.45, 2.75) is 13.8 Å². The first-order valence-electron chi connectivity index (χ1n) is 8.12. The van der Waals surface area contributed by atoms with E-state index in [1.165, 1.54) is 6.07 Å². The average Bonchev–Trinajstić information content (AvgIpc) is 2.60. The maximum atomic E-state index is 13.4. The van der Waals surface area contributed by atoms with Crippen LogP contribution in [-0.4, -0.2) is 16.6 Å². The quantitative estimate of drug-likeness (QED) is 0.654. The molecule has 0 saturated carbocycles. The lowest BCUT2D eigenvalue weighted by atomic mass is 10.3. The largest absolute Gasteiger partial charge is 0.492 e. The van der Waals surface area contributed by atoms with Crippen molar-refractivity contribution < 1.29 is 13.5 Å². The second-order valence-electron chi connectivity index (χ2n) is 5.53. The molecule has 0 spiro atoms. The van der Waals surface area contributed by atoms with E-state index in [1.807, 2.05) is 38.1 Å². The number of nitrogens with zero attached hydrogens (tertiary/aromatic N) is 2. The first kappa shape index (κ1) is 17.6. The lowest BCUT2D eigenvalue weighted by Crippen LogP contribution is -2.04. The Morgan fingerprint density at radius 2 is 1.77 bits per heavy atom. The lowest BCUT2D eigenvalue weighted by Gasteiger charge is -2.13. The summed E-state index contributed by atoms with van der Waals surface area (Å²) in [7, 11) is 0. The van der Waals surface area contributed by atoms with Gasteiger partial charge in [0.15, 0.2) is 11.6 Å². The molecule has 0 radical (unpaired) electrons. The van der Waals surface area contributed by atoms with Crippen LogP contribution in [0.5, 0.6) is 5.75 Å². The fourth-order valence-corrected chi connectivity index (χ4v) is 2.38. The Hall–Kier alpha value is -3.22. The minimum Gasteiger partial charge on any atom is -0.492 e. The molecule has 7 heteroatoms. The van der Waals surface area contributed by atoms with Gasteiger partial charge in [0.25, 0.3) is 0 Å². The SMILES string of the molecule is CCOc1ccccc1Nc1nc(C)cc(Nc2ccc(F)c(F)c2)n1. The molecule has 2 aromatic carbocycles. The number of anilines is 4. The molecule has 0 aliphatic heterocycles. The second-order valence-corrected chi connectivity index (χ2v) is 5.53. The van der Waals surface area contributed by atoms with Gasteiger partial charge < -0.3 is 15.4 Å². The monoisotopic (exact) mass is 356 g/mol. The molecular formula is C19H18F2N4O. The number of halogens is 2. The van der Waals surface area contributed by atoms with Crippen LogP contribution in [0.3, 0.4) is 0 Å². The average molecular weight is 356 g/mol. The Morgan fingerprint density at radius 3 is 2.54 bits per heavy atom. The van der Waals surface area contributed by atoms with Gasteiger partial charge in [0.1, 0.15) is 11.6 Å². The fourth-order valence-electron chi connectivity index (χ4n) is 2.38. The second kappa shape index (κ2) is 7.77. The maximum Gasteiger partial charge on any atom is 0.229 e. The van der Waals surface area contributed by atoms with Crippen LogP contribution in [0, 0.1) is 18.6 Å². The van der Waals surface area contributed by atoms with E-state index in [1.54, 1.807) is 6.07 Å². The van der Waals surface area contributed by atoms with Crippen molar-refractivity contribution in [1.29, 1.82) is 0 Å². The summed E-state index contributed by atoms with van der Waals surface area (Å²) >= 11 is 0. The zero-order valence-corrected chi connectivity index (χ0v) is 14.4. The first-order chi connectivity index (χ1) is 12.5. The van der Waals surface area contributed by atoms with Gasteiger partial charge in [-0.05, 0) is 38.1 Å². The molecule has 0 unspecified atom stereocenters. The normalized spacial score (nSPS) is 10.5. The van der Waals surface area contributed by atoms with Crippen molar-refractivity contribution in [2.24, 2.45) is 0 Å². The molecule has 1 aromatic heterocycles. The van der Waals surface area contributed by atoms with Crippen molar-refractivity contribution in [2.75, 3.05) is 17.2 Å². The zero-order chi connectivity index (χ0) is 18.5. The van der Waals surface area contributed by atoms with Gasteiger partial charge in [-0.15, -0.1) is 0 Å². The predicted octanol–water partition coefficient (Wildman–Crippen LogP) is 4.95. The van der Waals surface area contributed by atoms with E-state index in [0.29, 0.717) is 35.5 Å². The summed E-state index contributed by atoms with van der Waals surface area (Å²) in [6.07, 6.45) is 0. The van der Waals surface area contributed by atoms with Crippen molar-refractivity contribution in [1.82, 2.24) is 9.97 Å². The van der Waals surface area contributed by atoms with Gasteiger partial charge in [0.05, 0.1) is 12.3 Å². The molecule has 1 heterocycles. The van der Waals surface area contributed by atoms with E-state index in [4.69, 9.17) is 4.74 Å². The highest BCUT2D eigenvalue weighted by molar-refractivity contribution is 5.64. The Kier molecular flexibility index (Phi) is 5.26. The molecule has 2 N–H and O–H groups in total. The third-order valence-corrected chi connectivity index (χ3v) is 3.48. The van der Waals surface area contributed by atoms with Crippen molar-refractivity contribution in [3.8, 4) is 5.75 Å². The third kappa shape index (κ3) is 4.24.